The minimum absolute atomic E-state index is 0.0335. The van der Waals surface area contributed by atoms with Crippen LogP contribution < -0.4 is 10.5 Å². The van der Waals surface area contributed by atoms with Gasteiger partial charge in [0.1, 0.15) is 18.5 Å². The van der Waals surface area contributed by atoms with Gasteiger partial charge in [-0.1, -0.05) is 25.1 Å². The molecule has 1 aromatic rings. The molecule has 1 unspecified atom stereocenters. The number of nitrogens with two attached hydrogens (primary N) is 1. The molecular weight excluding hydrogens is 240 g/mol. The molecule has 1 saturated heterocycles. The fourth-order valence-electron chi connectivity index (χ4n) is 2.29. The van der Waals surface area contributed by atoms with E-state index in [1.54, 1.807) is 0 Å². The maximum absolute atomic E-state index is 6.11. The highest BCUT2D eigenvalue weighted by Gasteiger charge is 2.19. The molecule has 0 spiro atoms. The maximum Gasteiger partial charge on any atom is 0.124 e. The van der Waals surface area contributed by atoms with Crippen LogP contribution in [0, 0.1) is 0 Å². The van der Waals surface area contributed by atoms with Gasteiger partial charge in [0, 0.05) is 24.7 Å². The fraction of sp³-hybridized carbons (Fsp3) is 0.600. The quantitative estimate of drug-likeness (QED) is 0.881. The Morgan fingerprint density at radius 2 is 2.26 bits per heavy atom. The Bertz CT molecular complexity index is 397. The normalized spacial score (nSPS) is 22.2. The number of hydrogen-bond acceptors (Lipinski definition) is 4. The lowest BCUT2D eigenvalue weighted by atomic mass is 10.0. The number of likely N-dealkylation sites (N-methyl/N-ethyl adjacent to an activating group) is 1. The molecule has 4 heteroatoms. The summed E-state index contributed by atoms with van der Waals surface area (Å²) < 4.78 is 11.6. The predicted octanol–water partition coefficient (Wildman–Crippen LogP) is 1.81. The van der Waals surface area contributed by atoms with E-state index in [0.29, 0.717) is 6.61 Å². The van der Waals surface area contributed by atoms with E-state index in [4.69, 9.17) is 15.2 Å². The molecular formula is C15H24N2O2. The van der Waals surface area contributed by atoms with Crippen molar-refractivity contribution in [3.63, 3.8) is 0 Å². The zero-order valence-electron chi connectivity index (χ0n) is 11.8. The third-order valence-electron chi connectivity index (χ3n) is 3.52. The second kappa shape index (κ2) is 6.89. The van der Waals surface area contributed by atoms with Crippen LogP contribution in [0.1, 0.15) is 24.9 Å². The molecule has 1 fully saturated rings. The van der Waals surface area contributed by atoms with Crippen molar-refractivity contribution in [1.29, 1.82) is 0 Å². The number of hydrogen-bond donors (Lipinski definition) is 1. The maximum atomic E-state index is 6.11. The SMILES string of the molecule is CC[C@H](N)c1ccccc1OCC1CN(C)CCO1. The van der Waals surface area contributed by atoms with Gasteiger partial charge in [0.15, 0.2) is 0 Å². The Morgan fingerprint density at radius 1 is 1.47 bits per heavy atom. The summed E-state index contributed by atoms with van der Waals surface area (Å²) >= 11 is 0. The van der Waals surface area contributed by atoms with E-state index >= 15 is 0 Å². The first-order valence-corrected chi connectivity index (χ1v) is 6.98. The molecule has 2 rings (SSSR count). The first-order chi connectivity index (χ1) is 9.20. The second-order valence-electron chi connectivity index (χ2n) is 5.12. The van der Waals surface area contributed by atoms with Gasteiger partial charge in [0.2, 0.25) is 0 Å². The lowest BCUT2D eigenvalue weighted by Crippen LogP contribution is -2.42. The highest BCUT2D eigenvalue weighted by atomic mass is 16.5. The Balaban J connectivity index is 1.95. The molecule has 0 aliphatic carbocycles. The van der Waals surface area contributed by atoms with Gasteiger partial charge < -0.3 is 20.1 Å². The summed E-state index contributed by atoms with van der Waals surface area (Å²) in [6.07, 6.45) is 1.05. The van der Waals surface area contributed by atoms with Gasteiger partial charge in [-0.05, 0) is 19.5 Å². The number of rotatable bonds is 5. The van der Waals surface area contributed by atoms with E-state index < -0.39 is 0 Å². The van der Waals surface area contributed by atoms with E-state index in [9.17, 15) is 0 Å². The van der Waals surface area contributed by atoms with Crippen LogP contribution in [0.5, 0.6) is 5.75 Å². The van der Waals surface area contributed by atoms with Crippen molar-refractivity contribution in [3.8, 4) is 5.75 Å². The van der Waals surface area contributed by atoms with Crippen molar-refractivity contribution in [3.05, 3.63) is 29.8 Å². The van der Waals surface area contributed by atoms with Crippen molar-refractivity contribution < 1.29 is 9.47 Å². The second-order valence-corrected chi connectivity index (χ2v) is 5.12. The molecule has 2 N–H and O–H groups in total. The molecule has 0 bridgehead atoms. The molecule has 1 heterocycles. The first-order valence-electron chi connectivity index (χ1n) is 6.98. The third kappa shape index (κ3) is 3.93. The molecule has 0 radical (unpaired) electrons. The van der Waals surface area contributed by atoms with Crippen LogP contribution in [0.3, 0.4) is 0 Å². The van der Waals surface area contributed by atoms with Gasteiger partial charge in [-0.3, -0.25) is 0 Å². The average Bonchev–Trinajstić information content (AvgIpc) is 2.45. The summed E-state index contributed by atoms with van der Waals surface area (Å²) in [5.41, 5.74) is 7.18. The molecule has 106 valence electrons. The van der Waals surface area contributed by atoms with Crippen LogP contribution in [0.25, 0.3) is 0 Å². The van der Waals surface area contributed by atoms with E-state index in [2.05, 4.69) is 18.9 Å². The lowest BCUT2D eigenvalue weighted by molar-refractivity contribution is -0.0405. The molecule has 1 aromatic carbocycles. The number of benzene rings is 1. The van der Waals surface area contributed by atoms with Crippen molar-refractivity contribution in [2.45, 2.75) is 25.5 Å². The molecule has 0 amide bonds. The van der Waals surface area contributed by atoms with Crippen molar-refractivity contribution in [2.75, 3.05) is 33.4 Å². The molecule has 2 atom stereocenters. The fourth-order valence-corrected chi connectivity index (χ4v) is 2.29. The molecule has 1 aliphatic rings. The van der Waals surface area contributed by atoms with Crippen LogP contribution >= 0.6 is 0 Å². The topological polar surface area (TPSA) is 47.7 Å². The Labute approximate surface area is 115 Å². The smallest absolute Gasteiger partial charge is 0.124 e. The van der Waals surface area contributed by atoms with E-state index in [0.717, 1.165) is 37.4 Å². The molecule has 0 aromatic heterocycles. The zero-order valence-corrected chi connectivity index (χ0v) is 11.8. The van der Waals surface area contributed by atoms with Crippen LogP contribution in [0.2, 0.25) is 0 Å². The third-order valence-corrected chi connectivity index (χ3v) is 3.52. The van der Waals surface area contributed by atoms with Gasteiger partial charge in [-0.15, -0.1) is 0 Å². The molecule has 4 nitrogen and oxygen atoms in total. The van der Waals surface area contributed by atoms with Crippen LogP contribution in [0.4, 0.5) is 0 Å². The van der Waals surface area contributed by atoms with Gasteiger partial charge in [-0.2, -0.15) is 0 Å². The molecule has 0 saturated carbocycles. The van der Waals surface area contributed by atoms with Gasteiger partial charge in [0.25, 0.3) is 0 Å². The highest BCUT2D eigenvalue weighted by molar-refractivity contribution is 5.35. The van der Waals surface area contributed by atoms with E-state index in [1.807, 2.05) is 24.3 Å². The van der Waals surface area contributed by atoms with Crippen molar-refractivity contribution >= 4 is 0 Å². The summed E-state index contributed by atoms with van der Waals surface area (Å²) in [7, 11) is 2.11. The number of morpholine rings is 1. The Kier molecular flexibility index (Phi) is 5.19. The Morgan fingerprint density at radius 3 is 3.00 bits per heavy atom. The lowest BCUT2D eigenvalue weighted by Gasteiger charge is -2.30. The minimum Gasteiger partial charge on any atom is -0.490 e. The van der Waals surface area contributed by atoms with Crippen LogP contribution in [-0.2, 0) is 4.74 Å². The summed E-state index contributed by atoms with van der Waals surface area (Å²) in [6.45, 7) is 5.36. The zero-order chi connectivity index (χ0) is 13.7. The molecule has 1 aliphatic heterocycles. The minimum atomic E-state index is 0.0335. The summed E-state index contributed by atoms with van der Waals surface area (Å²) in [6, 6.07) is 8.04. The molecule has 19 heavy (non-hydrogen) atoms. The number of para-hydroxylation sites is 1. The average molecular weight is 264 g/mol. The predicted molar refractivity (Wildman–Crippen MR) is 76.4 cm³/mol. The van der Waals surface area contributed by atoms with E-state index in [-0.39, 0.29) is 12.1 Å². The number of nitrogens with zero attached hydrogens (tertiary/aromatic N) is 1. The van der Waals surface area contributed by atoms with Gasteiger partial charge >= 0.3 is 0 Å². The van der Waals surface area contributed by atoms with Gasteiger partial charge in [0.05, 0.1) is 6.61 Å². The van der Waals surface area contributed by atoms with Gasteiger partial charge in [-0.25, -0.2) is 0 Å². The van der Waals surface area contributed by atoms with Crippen molar-refractivity contribution in [1.82, 2.24) is 4.90 Å². The standard InChI is InChI=1S/C15H24N2O2/c1-3-14(16)13-6-4-5-7-15(13)19-11-12-10-17(2)8-9-18-12/h4-7,12,14H,3,8-11,16H2,1-2H3/t12?,14-/m0/s1. The highest BCUT2D eigenvalue weighted by Crippen LogP contribution is 2.25. The largest absolute Gasteiger partial charge is 0.490 e. The van der Waals surface area contributed by atoms with E-state index in [1.165, 1.54) is 0 Å². The Hall–Kier alpha value is -1.10. The monoisotopic (exact) mass is 264 g/mol. The first kappa shape index (κ1) is 14.3. The summed E-state index contributed by atoms with van der Waals surface area (Å²) in [4.78, 5) is 2.27. The van der Waals surface area contributed by atoms with Crippen molar-refractivity contribution in [2.24, 2.45) is 5.73 Å². The van der Waals surface area contributed by atoms with Crippen LogP contribution in [-0.4, -0.2) is 44.4 Å². The summed E-state index contributed by atoms with van der Waals surface area (Å²) in [5.74, 6) is 0.883. The van der Waals surface area contributed by atoms with Crippen LogP contribution in [0.15, 0.2) is 24.3 Å². The summed E-state index contributed by atoms with van der Waals surface area (Å²) in [5, 5.41) is 0. The number of ether oxygens (including phenoxy) is 2.